The molecule has 0 bridgehead atoms. The van der Waals surface area contributed by atoms with Crippen LogP contribution in [0.3, 0.4) is 0 Å². The van der Waals surface area contributed by atoms with E-state index in [0.29, 0.717) is 0 Å². The Morgan fingerprint density at radius 1 is 0.302 bits per heavy atom. The molecule has 14 rings (SSSR count). The maximum absolute atomic E-state index is 2.46. The Balaban J connectivity index is 0.887. The number of fused-ring (bicyclic) bond motifs is 12. The minimum absolute atomic E-state index is 0.0658. The van der Waals surface area contributed by atoms with Gasteiger partial charge in [0.25, 0.3) is 0 Å². The van der Waals surface area contributed by atoms with Gasteiger partial charge in [-0.1, -0.05) is 147 Å². The molecule has 0 fully saturated rings. The molecule has 0 atom stereocenters. The molecule has 0 spiro atoms. The lowest BCUT2D eigenvalue weighted by Gasteiger charge is -2.22. The molecule has 2 aromatic heterocycles. The van der Waals surface area contributed by atoms with Crippen LogP contribution in [0.1, 0.15) is 25.0 Å². The Labute approximate surface area is 365 Å². The quantitative estimate of drug-likeness (QED) is 0.168. The zero-order valence-electron chi connectivity index (χ0n) is 35.0. The van der Waals surface area contributed by atoms with Gasteiger partial charge in [-0.3, -0.25) is 0 Å². The average molecular weight is 801 g/mol. The van der Waals surface area contributed by atoms with E-state index in [2.05, 4.69) is 229 Å². The van der Waals surface area contributed by atoms with Crippen LogP contribution in [0.15, 0.2) is 206 Å². The van der Waals surface area contributed by atoms with Gasteiger partial charge in [-0.05, 0) is 150 Å². The Bertz CT molecular complexity index is 3950. The largest absolute Gasteiger partial charge is 0.309 e. The van der Waals surface area contributed by atoms with Gasteiger partial charge in [0.05, 0.1) is 22.1 Å². The van der Waals surface area contributed by atoms with E-state index in [9.17, 15) is 0 Å². The summed E-state index contributed by atoms with van der Waals surface area (Å²) in [4.78, 5) is 0. The van der Waals surface area contributed by atoms with Crippen LogP contribution in [-0.4, -0.2) is 9.13 Å². The summed E-state index contributed by atoms with van der Waals surface area (Å²) >= 11 is 0. The highest BCUT2D eigenvalue weighted by atomic mass is 15.0. The van der Waals surface area contributed by atoms with Crippen molar-refractivity contribution in [1.29, 1.82) is 0 Å². The first-order chi connectivity index (χ1) is 31.0. The van der Waals surface area contributed by atoms with Crippen LogP contribution < -0.4 is 0 Å². The summed E-state index contributed by atoms with van der Waals surface area (Å²) in [6.07, 6.45) is 0. The first-order valence-corrected chi connectivity index (χ1v) is 22.1. The molecule has 2 heterocycles. The van der Waals surface area contributed by atoms with Crippen molar-refractivity contribution in [3.8, 4) is 67.0 Å². The van der Waals surface area contributed by atoms with E-state index in [1.165, 1.54) is 127 Å². The summed E-state index contributed by atoms with van der Waals surface area (Å²) in [5, 5.41) is 7.67. The minimum Gasteiger partial charge on any atom is -0.309 e. The predicted molar refractivity (Wildman–Crippen MR) is 265 cm³/mol. The fraction of sp³-hybridized carbons (Fsp3) is 0.0492. The Hall–Kier alpha value is -7.94. The van der Waals surface area contributed by atoms with Crippen molar-refractivity contribution in [1.82, 2.24) is 9.13 Å². The van der Waals surface area contributed by atoms with Gasteiger partial charge in [-0.25, -0.2) is 0 Å². The maximum atomic E-state index is 2.46. The molecule has 2 aliphatic rings. The SMILES string of the molecule is CC1(C)c2ccccc2-c2ccc(-n3c4ccccc4c4cc(-c5ccc6c(c5)c5ccccc5n6-c5cccc(-c6cc7c8c(cccc8c6)-c6ccccc6-7)c5)ccc43)cc21. The van der Waals surface area contributed by atoms with E-state index < -0.39 is 0 Å². The van der Waals surface area contributed by atoms with Gasteiger partial charge in [0.2, 0.25) is 0 Å². The molecule has 63 heavy (non-hydrogen) atoms. The number of nitrogens with zero attached hydrogens (tertiary/aromatic N) is 2. The Kier molecular flexibility index (Phi) is 6.93. The van der Waals surface area contributed by atoms with Crippen molar-refractivity contribution in [3.63, 3.8) is 0 Å². The first kappa shape index (κ1) is 34.7. The molecule has 0 radical (unpaired) electrons. The normalized spacial score (nSPS) is 13.4. The third-order valence-electron chi connectivity index (χ3n) is 14.4. The molecule has 0 N–H and O–H groups in total. The van der Waals surface area contributed by atoms with Crippen LogP contribution in [0.2, 0.25) is 0 Å². The van der Waals surface area contributed by atoms with E-state index >= 15 is 0 Å². The zero-order chi connectivity index (χ0) is 41.6. The van der Waals surface area contributed by atoms with Crippen LogP contribution in [0.4, 0.5) is 0 Å². The highest BCUT2D eigenvalue weighted by Gasteiger charge is 2.35. The van der Waals surface area contributed by atoms with Gasteiger partial charge in [0.15, 0.2) is 0 Å². The Morgan fingerprint density at radius 2 is 0.841 bits per heavy atom. The predicted octanol–water partition coefficient (Wildman–Crippen LogP) is 16.3. The highest BCUT2D eigenvalue weighted by Crippen LogP contribution is 2.51. The summed E-state index contributed by atoms with van der Waals surface area (Å²) in [6.45, 7) is 4.72. The highest BCUT2D eigenvalue weighted by molar-refractivity contribution is 6.17. The Morgan fingerprint density at radius 3 is 1.56 bits per heavy atom. The average Bonchev–Trinajstić information content (AvgIpc) is 4.03. The number of hydrogen-bond acceptors (Lipinski definition) is 0. The minimum atomic E-state index is -0.0658. The molecule has 0 unspecified atom stereocenters. The van der Waals surface area contributed by atoms with Crippen molar-refractivity contribution in [2.75, 3.05) is 0 Å². The zero-order valence-corrected chi connectivity index (χ0v) is 35.0. The maximum Gasteiger partial charge on any atom is 0.0541 e. The van der Waals surface area contributed by atoms with Crippen LogP contribution >= 0.6 is 0 Å². The van der Waals surface area contributed by atoms with Crippen molar-refractivity contribution in [3.05, 3.63) is 217 Å². The van der Waals surface area contributed by atoms with Crippen molar-refractivity contribution >= 4 is 54.4 Å². The smallest absolute Gasteiger partial charge is 0.0541 e. The topological polar surface area (TPSA) is 9.86 Å². The van der Waals surface area contributed by atoms with Crippen LogP contribution in [0.25, 0.3) is 121 Å². The van der Waals surface area contributed by atoms with Crippen LogP contribution in [0, 0.1) is 0 Å². The molecule has 0 amide bonds. The van der Waals surface area contributed by atoms with Gasteiger partial charge in [-0.2, -0.15) is 0 Å². The monoisotopic (exact) mass is 800 g/mol. The summed E-state index contributed by atoms with van der Waals surface area (Å²) in [7, 11) is 0. The molecular weight excluding hydrogens is 761 g/mol. The summed E-state index contributed by atoms with van der Waals surface area (Å²) < 4.78 is 4.90. The number of rotatable bonds is 4. The fourth-order valence-electron chi connectivity index (χ4n) is 11.5. The van der Waals surface area contributed by atoms with Gasteiger partial charge >= 0.3 is 0 Å². The fourth-order valence-corrected chi connectivity index (χ4v) is 11.5. The van der Waals surface area contributed by atoms with E-state index in [1.807, 2.05) is 0 Å². The number of para-hydroxylation sites is 2. The molecular formula is C61H40N2. The second-order valence-corrected chi connectivity index (χ2v) is 18.1. The molecule has 294 valence electrons. The van der Waals surface area contributed by atoms with Gasteiger partial charge < -0.3 is 9.13 Å². The van der Waals surface area contributed by atoms with Crippen molar-refractivity contribution in [2.45, 2.75) is 19.3 Å². The number of benzene rings is 10. The van der Waals surface area contributed by atoms with E-state index in [-0.39, 0.29) is 5.41 Å². The van der Waals surface area contributed by atoms with Crippen molar-refractivity contribution in [2.24, 2.45) is 0 Å². The molecule has 12 aromatic rings. The van der Waals surface area contributed by atoms with Gasteiger partial charge in [0, 0.05) is 38.3 Å². The molecule has 0 saturated carbocycles. The molecule has 10 aromatic carbocycles. The third kappa shape index (κ3) is 4.78. The number of aromatic nitrogens is 2. The lowest BCUT2D eigenvalue weighted by molar-refractivity contribution is 0.660. The third-order valence-corrected chi connectivity index (χ3v) is 14.4. The second kappa shape index (κ2) is 12.6. The molecule has 2 heteroatoms. The molecule has 2 nitrogen and oxygen atoms in total. The summed E-state index contributed by atoms with van der Waals surface area (Å²) in [6, 6.07) is 77.2. The van der Waals surface area contributed by atoms with Gasteiger partial charge in [0.1, 0.15) is 0 Å². The van der Waals surface area contributed by atoms with Gasteiger partial charge in [-0.15, -0.1) is 0 Å². The molecule has 0 aliphatic heterocycles. The van der Waals surface area contributed by atoms with E-state index in [1.54, 1.807) is 0 Å². The van der Waals surface area contributed by atoms with E-state index in [4.69, 9.17) is 0 Å². The number of hydrogen-bond donors (Lipinski definition) is 0. The standard InChI is InChI=1S/C61H40N2/c1-61(2)54-22-8-5-18-46(54)47-28-27-43(36-55(47)61)63-57-24-10-7-20-49(57)52-34-39(26-30-59(52)63)38-25-29-58-51(33-38)48-19-6-9-23-56(48)62(58)42-15-11-13-37(32-42)41-31-40-14-12-21-50-44-16-3-4-17-45(44)53(35-41)60(40)50/h3-36H,1-2H3. The van der Waals surface area contributed by atoms with E-state index in [0.717, 1.165) is 5.69 Å². The lowest BCUT2D eigenvalue weighted by atomic mass is 9.82. The van der Waals surface area contributed by atoms with Crippen molar-refractivity contribution < 1.29 is 0 Å². The second-order valence-electron chi connectivity index (χ2n) is 18.1. The summed E-state index contributed by atoms with van der Waals surface area (Å²) in [5.41, 5.74) is 22.8. The molecule has 0 saturated heterocycles. The van der Waals surface area contributed by atoms with Crippen LogP contribution in [-0.2, 0) is 5.41 Å². The first-order valence-electron chi connectivity index (χ1n) is 22.1. The summed E-state index contributed by atoms with van der Waals surface area (Å²) in [5.74, 6) is 0. The van der Waals surface area contributed by atoms with Crippen LogP contribution in [0.5, 0.6) is 0 Å². The lowest BCUT2D eigenvalue weighted by Crippen LogP contribution is -2.15. The molecule has 2 aliphatic carbocycles.